The van der Waals surface area contributed by atoms with Crippen molar-refractivity contribution in [2.75, 3.05) is 13.2 Å². The van der Waals surface area contributed by atoms with Crippen LogP contribution in [0.2, 0.25) is 0 Å². The molecule has 2 aromatic rings. The number of amides is 1. The quantitative estimate of drug-likeness (QED) is 0.822. The molecule has 0 aliphatic carbocycles. The number of aliphatic hydroxyl groups excluding tert-OH is 1. The molecule has 0 fully saturated rings. The van der Waals surface area contributed by atoms with Gasteiger partial charge in [0.2, 0.25) is 0 Å². The van der Waals surface area contributed by atoms with E-state index in [0.29, 0.717) is 23.8 Å². The molecular formula is C16H22N2O3S. The highest BCUT2D eigenvalue weighted by molar-refractivity contribution is 7.13. The van der Waals surface area contributed by atoms with E-state index in [-0.39, 0.29) is 18.4 Å². The zero-order chi connectivity index (χ0) is 16.1. The topological polar surface area (TPSA) is 75.4 Å². The summed E-state index contributed by atoms with van der Waals surface area (Å²) < 4.78 is 5.27. The lowest BCUT2D eigenvalue weighted by Gasteiger charge is -2.13. The van der Waals surface area contributed by atoms with E-state index in [1.165, 1.54) is 11.3 Å². The second-order valence-electron chi connectivity index (χ2n) is 5.66. The van der Waals surface area contributed by atoms with Gasteiger partial charge in [-0.1, -0.05) is 13.8 Å². The molecule has 2 heterocycles. The lowest BCUT2D eigenvalue weighted by atomic mass is 10.1. The largest absolute Gasteiger partial charge is 0.469 e. The van der Waals surface area contributed by atoms with Gasteiger partial charge in [-0.25, -0.2) is 4.98 Å². The third-order valence-corrected chi connectivity index (χ3v) is 4.85. The van der Waals surface area contributed by atoms with Crippen LogP contribution in [0.1, 0.15) is 45.9 Å². The maximum absolute atomic E-state index is 12.3. The standard InChI is InChI=1S/C16H22N2O3S/c1-10(2)16-18-11(3)14(22-16)15(20)17-8-12(9-19)7-13-5-4-6-21-13/h4-6,10,12,19H,7-9H2,1-3H3,(H,17,20). The van der Waals surface area contributed by atoms with Gasteiger partial charge in [-0.2, -0.15) is 0 Å². The van der Waals surface area contributed by atoms with Crippen LogP contribution in [0.3, 0.4) is 0 Å². The van der Waals surface area contributed by atoms with Crippen molar-refractivity contribution in [2.24, 2.45) is 5.92 Å². The highest BCUT2D eigenvalue weighted by Gasteiger charge is 2.18. The molecule has 0 aliphatic rings. The minimum atomic E-state index is -0.125. The monoisotopic (exact) mass is 322 g/mol. The van der Waals surface area contributed by atoms with Crippen LogP contribution >= 0.6 is 11.3 Å². The highest BCUT2D eigenvalue weighted by Crippen LogP contribution is 2.24. The maximum atomic E-state index is 12.3. The number of carbonyl (C=O) groups is 1. The zero-order valence-electron chi connectivity index (χ0n) is 13.1. The van der Waals surface area contributed by atoms with Gasteiger partial charge in [-0.05, 0) is 19.1 Å². The SMILES string of the molecule is Cc1nc(C(C)C)sc1C(=O)NCC(CO)Cc1ccco1. The van der Waals surface area contributed by atoms with E-state index in [4.69, 9.17) is 4.42 Å². The van der Waals surface area contributed by atoms with Crippen molar-refractivity contribution >= 4 is 17.2 Å². The summed E-state index contributed by atoms with van der Waals surface area (Å²) in [6, 6.07) is 3.68. The van der Waals surface area contributed by atoms with Crippen LogP contribution in [0.25, 0.3) is 0 Å². The molecule has 1 amide bonds. The number of carbonyl (C=O) groups excluding carboxylic acids is 1. The number of hydrogen-bond donors (Lipinski definition) is 2. The summed E-state index contributed by atoms with van der Waals surface area (Å²) in [5, 5.41) is 13.3. The third kappa shape index (κ3) is 4.18. The summed E-state index contributed by atoms with van der Waals surface area (Å²) in [5.74, 6) is 0.937. The Morgan fingerprint density at radius 2 is 2.27 bits per heavy atom. The van der Waals surface area contributed by atoms with Crippen molar-refractivity contribution in [1.29, 1.82) is 0 Å². The third-order valence-electron chi connectivity index (χ3n) is 3.39. The van der Waals surface area contributed by atoms with Crippen LogP contribution in [0.5, 0.6) is 0 Å². The lowest BCUT2D eigenvalue weighted by molar-refractivity contribution is 0.0942. The zero-order valence-corrected chi connectivity index (χ0v) is 13.9. The molecule has 120 valence electrons. The Labute approximate surface area is 134 Å². The van der Waals surface area contributed by atoms with Crippen LogP contribution in [0, 0.1) is 12.8 Å². The van der Waals surface area contributed by atoms with Gasteiger partial charge in [-0.3, -0.25) is 4.79 Å². The smallest absolute Gasteiger partial charge is 0.263 e. The summed E-state index contributed by atoms with van der Waals surface area (Å²) in [4.78, 5) is 17.4. The van der Waals surface area contributed by atoms with Gasteiger partial charge in [-0.15, -0.1) is 11.3 Å². The van der Waals surface area contributed by atoms with Crippen LogP contribution < -0.4 is 5.32 Å². The Morgan fingerprint density at radius 1 is 1.50 bits per heavy atom. The van der Waals surface area contributed by atoms with E-state index in [2.05, 4.69) is 24.1 Å². The first-order chi connectivity index (χ1) is 10.5. The van der Waals surface area contributed by atoms with Crippen molar-refractivity contribution in [2.45, 2.75) is 33.1 Å². The molecule has 0 aromatic carbocycles. The number of aryl methyl sites for hydroxylation is 1. The predicted molar refractivity (Wildman–Crippen MR) is 86.3 cm³/mol. The first-order valence-corrected chi connectivity index (χ1v) is 8.21. The number of nitrogens with zero attached hydrogens (tertiary/aromatic N) is 1. The van der Waals surface area contributed by atoms with Crippen LogP contribution in [0.15, 0.2) is 22.8 Å². The summed E-state index contributed by atoms with van der Waals surface area (Å²) in [7, 11) is 0. The second-order valence-corrected chi connectivity index (χ2v) is 6.69. The number of thiazole rings is 1. The van der Waals surface area contributed by atoms with Crippen molar-refractivity contribution in [3.63, 3.8) is 0 Å². The van der Waals surface area contributed by atoms with Gasteiger partial charge in [0, 0.05) is 31.4 Å². The van der Waals surface area contributed by atoms with Gasteiger partial charge in [0.15, 0.2) is 0 Å². The number of aromatic nitrogens is 1. The lowest BCUT2D eigenvalue weighted by Crippen LogP contribution is -2.31. The Balaban J connectivity index is 1.93. The van der Waals surface area contributed by atoms with Gasteiger partial charge < -0.3 is 14.8 Å². The normalized spacial score (nSPS) is 12.6. The fourth-order valence-electron chi connectivity index (χ4n) is 2.11. The molecule has 0 spiro atoms. The summed E-state index contributed by atoms with van der Waals surface area (Å²) in [6.07, 6.45) is 2.21. The maximum Gasteiger partial charge on any atom is 0.263 e. The Morgan fingerprint density at radius 3 is 2.82 bits per heavy atom. The fourth-order valence-corrected chi connectivity index (χ4v) is 3.09. The number of aliphatic hydroxyl groups is 1. The van der Waals surface area contributed by atoms with Crippen LogP contribution in [-0.4, -0.2) is 29.1 Å². The number of nitrogens with one attached hydrogen (secondary N) is 1. The van der Waals surface area contributed by atoms with Gasteiger partial charge in [0.1, 0.15) is 10.6 Å². The van der Waals surface area contributed by atoms with Gasteiger partial charge in [0.25, 0.3) is 5.91 Å². The van der Waals surface area contributed by atoms with Crippen LogP contribution in [0.4, 0.5) is 0 Å². The molecular weight excluding hydrogens is 300 g/mol. The molecule has 2 rings (SSSR count). The van der Waals surface area contributed by atoms with E-state index in [1.807, 2.05) is 19.1 Å². The van der Waals surface area contributed by atoms with Crippen LogP contribution in [-0.2, 0) is 6.42 Å². The second kappa shape index (κ2) is 7.56. The Hall–Kier alpha value is -1.66. The van der Waals surface area contributed by atoms with E-state index < -0.39 is 0 Å². The molecule has 0 saturated heterocycles. The van der Waals surface area contributed by atoms with E-state index in [1.54, 1.807) is 6.26 Å². The summed E-state index contributed by atoms with van der Waals surface area (Å²) in [6.45, 7) is 6.38. The van der Waals surface area contributed by atoms with Gasteiger partial charge in [0.05, 0.1) is 17.0 Å². The van der Waals surface area contributed by atoms with Crippen molar-refractivity contribution in [1.82, 2.24) is 10.3 Å². The van der Waals surface area contributed by atoms with Crippen molar-refractivity contribution in [3.8, 4) is 0 Å². The number of rotatable bonds is 7. The molecule has 0 aliphatic heterocycles. The van der Waals surface area contributed by atoms with Crippen molar-refractivity contribution < 1.29 is 14.3 Å². The Bertz CT molecular complexity index is 605. The number of hydrogen-bond acceptors (Lipinski definition) is 5. The molecule has 1 unspecified atom stereocenters. The molecule has 0 bridgehead atoms. The summed E-state index contributed by atoms with van der Waals surface area (Å²) >= 11 is 1.44. The number of furan rings is 1. The van der Waals surface area contributed by atoms with Crippen molar-refractivity contribution in [3.05, 3.63) is 39.7 Å². The predicted octanol–water partition coefficient (Wildman–Crippen LogP) is 2.75. The average Bonchev–Trinajstić information content (AvgIpc) is 3.12. The first-order valence-electron chi connectivity index (χ1n) is 7.40. The molecule has 0 saturated carbocycles. The molecule has 2 aromatic heterocycles. The average molecular weight is 322 g/mol. The Kier molecular flexibility index (Phi) is 5.74. The van der Waals surface area contributed by atoms with Gasteiger partial charge >= 0.3 is 0 Å². The molecule has 5 nitrogen and oxygen atoms in total. The molecule has 22 heavy (non-hydrogen) atoms. The minimum Gasteiger partial charge on any atom is -0.469 e. The first kappa shape index (κ1) is 16.7. The molecule has 2 N–H and O–H groups in total. The summed E-state index contributed by atoms with van der Waals surface area (Å²) in [5.41, 5.74) is 0.762. The van der Waals surface area contributed by atoms with E-state index in [9.17, 15) is 9.90 Å². The highest BCUT2D eigenvalue weighted by atomic mass is 32.1. The van der Waals surface area contributed by atoms with E-state index in [0.717, 1.165) is 16.5 Å². The minimum absolute atomic E-state index is 0.000102. The fraction of sp³-hybridized carbons (Fsp3) is 0.500. The molecule has 6 heteroatoms. The molecule has 1 atom stereocenters. The molecule has 0 radical (unpaired) electrons. The van der Waals surface area contributed by atoms with E-state index >= 15 is 0 Å².